The Kier molecular flexibility index (Phi) is 4.42. The maximum atomic E-state index is 12.8. The predicted octanol–water partition coefficient (Wildman–Crippen LogP) is 2.10. The number of rotatable bonds is 4. The molecule has 7 heteroatoms. The number of likely N-dealkylation sites (tertiary alicyclic amines) is 1. The Morgan fingerprint density at radius 2 is 2.25 bits per heavy atom. The Balaban J connectivity index is 1.72. The summed E-state index contributed by atoms with van der Waals surface area (Å²) in [5.41, 5.74) is 3.00. The van der Waals surface area contributed by atoms with Crippen molar-refractivity contribution in [3.8, 4) is 0 Å². The Bertz CT molecular complexity index is 716. The third kappa shape index (κ3) is 2.93. The van der Waals surface area contributed by atoms with Crippen LogP contribution in [0.1, 0.15) is 53.3 Å². The van der Waals surface area contributed by atoms with E-state index in [9.17, 15) is 9.59 Å². The summed E-state index contributed by atoms with van der Waals surface area (Å²) in [5.74, 6) is -0.265. The Morgan fingerprint density at radius 3 is 2.88 bits per heavy atom. The number of hydrogen-bond acceptors (Lipinski definition) is 4. The van der Waals surface area contributed by atoms with Gasteiger partial charge in [-0.3, -0.25) is 14.7 Å². The van der Waals surface area contributed by atoms with E-state index in [2.05, 4.69) is 15.5 Å². The molecule has 2 aromatic rings. The molecular weight excluding hydrogens is 308 g/mol. The van der Waals surface area contributed by atoms with E-state index < -0.39 is 6.04 Å². The number of aromatic amines is 1. The lowest BCUT2D eigenvalue weighted by Gasteiger charge is -2.28. The number of carbonyl (C=O) groups is 2. The first-order valence-electron chi connectivity index (χ1n) is 8.15. The lowest BCUT2D eigenvalue weighted by atomic mass is 10.0. The van der Waals surface area contributed by atoms with Gasteiger partial charge in [0.1, 0.15) is 6.04 Å². The smallest absolute Gasteiger partial charge is 0.287 e. The molecule has 1 aliphatic rings. The fourth-order valence-corrected chi connectivity index (χ4v) is 3.37. The van der Waals surface area contributed by atoms with Crippen LogP contribution < -0.4 is 5.32 Å². The van der Waals surface area contributed by atoms with Gasteiger partial charge in [-0.25, -0.2) is 0 Å². The number of hydrogen-bond donors (Lipinski definition) is 2. The molecular formula is C17H22N4O3. The van der Waals surface area contributed by atoms with Crippen LogP contribution in [-0.2, 0) is 4.79 Å². The van der Waals surface area contributed by atoms with Gasteiger partial charge < -0.3 is 14.6 Å². The van der Waals surface area contributed by atoms with Gasteiger partial charge in [-0.2, -0.15) is 5.10 Å². The number of furan rings is 1. The van der Waals surface area contributed by atoms with Crippen LogP contribution in [0.25, 0.3) is 0 Å². The van der Waals surface area contributed by atoms with Gasteiger partial charge in [0.15, 0.2) is 5.76 Å². The summed E-state index contributed by atoms with van der Waals surface area (Å²) in [6, 6.07) is 2.61. The molecule has 0 bridgehead atoms. The van der Waals surface area contributed by atoms with E-state index in [-0.39, 0.29) is 23.6 Å². The van der Waals surface area contributed by atoms with E-state index in [1.807, 2.05) is 18.7 Å². The first-order valence-corrected chi connectivity index (χ1v) is 8.15. The van der Waals surface area contributed by atoms with Crippen molar-refractivity contribution in [2.75, 3.05) is 6.54 Å². The minimum atomic E-state index is -0.615. The molecule has 0 spiro atoms. The lowest BCUT2D eigenvalue weighted by molar-refractivity contribution is -0.133. The third-order valence-corrected chi connectivity index (χ3v) is 4.52. The summed E-state index contributed by atoms with van der Waals surface area (Å²) in [6.07, 6.45) is 3.29. The number of H-pyrrole nitrogens is 1. The zero-order valence-corrected chi connectivity index (χ0v) is 14.1. The second-order valence-corrected chi connectivity index (χ2v) is 6.21. The molecule has 2 N–H and O–H groups in total. The molecule has 1 aliphatic heterocycles. The third-order valence-electron chi connectivity index (χ3n) is 4.52. The number of carbonyl (C=O) groups excluding carboxylic acids is 2. The van der Waals surface area contributed by atoms with Crippen LogP contribution >= 0.6 is 0 Å². The van der Waals surface area contributed by atoms with Crippen LogP contribution in [-0.4, -0.2) is 39.5 Å². The normalized spacial score (nSPS) is 18.6. The SMILES string of the molecule is Cc1n[nH]c(C)c1C1CCCN1C(=O)C(C)NC(=O)c1ccco1. The van der Waals surface area contributed by atoms with E-state index in [0.29, 0.717) is 6.54 Å². The van der Waals surface area contributed by atoms with E-state index in [1.54, 1.807) is 19.1 Å². The molecule has 2 amide bonds. The van der Waals surface area contributed by atoms with Gasteiger partial charge in [-0.1, -0.05) is 0 Å². The van der Waals surface area contributed by atoms with Crippen molar-refractivity contribution in [2.24, 2.45) is 0 Å². The second-order valence-electron chi connectivity index (χ2n) is 6.21. The molecule has 24 heavy (non-hydrogen) atoms. The predicted molar refractivity (Wildman–Crippen MR) is 87.4 cm³/mol. The molecule has 0 radical (unpaired) electrons. The van der Waals surface area contributed by atoms with E-state index >= 15 is 0 Å². The Morgan fingerprint density at radius 1 is 1.46 bits per heavy atom. The fourth-order valence-electron chi connectivity index (χ4n) is 3.37. The van der Waals surface area contributed by atoms with Crippen LogP contribution in [0.15, 0.2) is 22.8 Å². The van der Waals surface area contributed by atoms with Crippen molar-refractivity contribution in [1.29, 1.82) is 0 Å². The van der Waals surface area contributed by atoms with Crippen molar-refractivity contribution in [3.05, 3.63) is 41.1 Å². The molecule has 2 atom stereocenters. The second kappa shape index (κ2) is 6.51. The summed E-state index contributed by atoms with van der Waals surface area (Å²) >= 11 is 0. The maximum Gasteiger partial charge on any atom is 0.287 e. The van der Waals surface area contributed by atoms with E-state index in [0.717, 1.165) is 29.8 Å². The lowest BCUT2D eigenvalue weighted by Crippen LogP contribution is -2.46. The fraction of sp³-hybridized carbons (Fsp3) is 0.471. The minimum Gasteiger partial charge on any atom is -0.459 e. The molecule has 7 nitrogen and oxygen atoms in total. The van der Waals surface area contributed by atoms with Gasteiger partial charge in [0, 0.05) is 17.8 Å². The number of aryl methyl sites for hydroxylation is 2. The summed E-state index contributed by atoms with van der Waals surface area (Å²) in [6.45, 7) is 6.31. The summed E-state index contributed by atoms with van der Waals surface area (Å²) in [4.78, 5) is 26.7. The molecule has 3 rings (SSSR count). The topological polar surface area (TPSA) is 91.2 Å². The average molecular weight is 330 g/mol. The first-order chi connectivity index (χ1) is 11.5. The van der Waals surface area contributed by atoms with Crippen LogP contribution in [0, 0.1) is 13.8 Å². The standard InChI is InChI=1S/C17H22N4O3/c1-10-15(11(2)20-19-10)13-6-4-8-21(13)17(23)12(3)18-16(22)14-7-5-9-24-14/h5,7,9,12-13H,4,6,8H2,1-3H3,(H,18,22)(H,19,20). The highest BCUT2D eigenvalue weighted by Crippen LogP contribution is 2.35. The van der Waals surface area contributed by atoms with Crippen molar-refractivity contribution in [3.63, 3.8) is 0 Å². The summed E-state index contributed by atoms with van der Waals surface area (Å²) in [7, 11) is 0. The highest BCUT2D eigenvalue weighted by molar-refractivity contribution is 5.95. The number of nitrogens with one attached hydrogen (secondary N) is 2. The molecule has 3 heterocycles. The van der Waals surface area contributed by atoms with Crippen LogP contribution in [0.2, 0.25) is 0 Å². The first kappa shape index (κ1) is 16.3. The highest BCUT2D eigenvalue weighted by atomic mass is 16.3. The van der Waals surface area contributed by atoms with Gasteiger partial charge in [-0.15, -0.1) is 0 Å². The van der Waals surface area contributed by atoms with Crippen molar-refractivity contribution < 1.29 is 14.0 Å². The van der Waals surface area contributed by atoms with Crippen molar-refractivity contribution in [1.82, 2.24) is 20.4 Å². The summed E-state index contributed by atoms with van der Waals surface area (Å²) in [5, 5.41) is 9.93. The monoisotopic (exact) mass is 330 g/mol. The Labute approximate surface area is 140 Å². The quantitative estimate of drug-likeness (QED) is 0.898. The van der Waals surface area contributed by atoms with Crippen molar-refractivity contribution in [2.45, 2.75) is 45.7 Å². The average Bonchev–Trinajstić information content (AvgIpc) is 3.27. The zero-order valence-electron chi connectivity index (χ0n) is 14.1. The molecule has 1 saturated heterocycles. The minimum absolute atomic E-state index is 0.0132. The molecule has 2 unspecified atom stereocenters. The Hall–Kier alpha value is -2.57. The van der Waals surface area contributed by atoms with Crippen LogP contribution in [0.4, 0.5) is 0 Å². The number of amides is 2. The van der Waals surface area contributed by atoms with E-state index in [4.69, 9.17) is 4.42 Å². The molecule has 128 valence electrons. The van der Waals surface area contributed by atoms with Gasteiger partial charge >= 0.3 is 0 Å². The maximum absolute atomic E-state index is 12.8. The number of nitrogens with zero attached hydrogens (tertiary/aromatic N) is 2. The largest absolute Gasteiger partial charge is 0.459 e. The van der Waals surface area contributed by atoms with Crippen LogP contribution in [0.5, 0.6) is 0 Å². The van der Waals surface area contributed by atoms with Gasteiger partial charge in [0.05, 0.1) is 18.0 Å². The zero-order chi connectivity index (χ0) is 17.3. The molecule has 0 aromatic carbocycles. The summed E-state index contributed by atoms with van der Waals surface area (Å²) < 4.78 is 5.06. The molecule has 1 fully saturated rings. The van der Waals surface area contributed by atoms with Crippen molar-refractivity contribution >= 4 is 11.8 Å². The molecule has 0 aliphatic carbocycles. The molecule has 0 saturated carbocycles. The van der Waals surface area contributed by atoms with Crippen LogP contribution in [0.3, 0.4) is 0 Å². The van der Waals surface area contributed by atoms with Gasteiger partial charge in [-0.05, 0) is 45.7 Å². The highest BCUT2D eigenvalue weighted by Gasteiger charge is 2.35. The van der Waals surface area contributed by atoms with Gasteiger partial charge in [0.2, 0.25) is 5.91 Å². The van der Waals surface area contributed by atoms with E-state index in [1.165, 1.54) is 6.26 Å². The van der Waals surface area contributed by atoms with Gasteiger partial charge in [0.25, 0.3) is 5.91 Å². The number of aromatic nitrogens is 2. The molecule has 2 aromatic heterocycles.